The smallest absolute Gasteiger partial charge is 0.238 e. The minimum absolute atomic E-state index is 0.557. The molecule has 0 aliphatic heterocycles. The van der Waals surface area contributed by atoms with Crippen LogP contribution in [0.15, 0.2) is 237 Å². The zero-order valence-corrected chi connectivity index (χ0v) is 36.8. The van der Waals surface area contributed by atoms with E-state index in [4.69, 9.17) is 15.0 Å². The molecule has 0 radical (unpaired) electrons. The van der Waals surface area contributed by atoms with Crippen molar-refractivity contribution < 1.29 is 0 Å². The summed E-state index contributed by atoms with van der Waals surface area (Å²) in [6.07, 6.45) is 0. The number of nitrogens with zero attached hydrogens (tertiary/aromatic N) is 5. The molecule has 11 aromatic carbocycles. The van der Waals surface area contributed by atoms with Crippen LogP contribution < -0.4 is 0 Å². The molecular formula is C63H39N5. The zero-order chi connectivity index (χ0) is 44.7. The maximum absolute atomic E-state index is 5.35. The summed E-state index contributed by atoms with van der Waals surface area (Å²) in [7, 11) is 0. The molecule has 5 heteroatoms. The molecule has 5 nitrogen and oxygen atoms in total. The van der Waals surface area contributed by atoms with Crippen molar-refractivity contribution in [1.29, 1.82) is 0 Å². The Morgan fingerprint density at radius 1 is 0.250 bits per heavy atom. The van der Waals surface area contributed by atoms with Gasteiger partial charge in [-0.25, -0.2) is 4.98 Å². The molecule has 0 amide bonds. The lowest BCUT2D eigenvalue weighted by Crippen LogP contribution is -2.07. The maximum atomic E-state index is 5.35. The van der Waals surface area contributed by atoms with Crippen LogP contribution in [0.4, 0.5) is 0 Å². The largest absolute Gasteiger partial charge is 0.307 e. The Balaban J connectivity index is 1.12. The second-order valence-corrected chi connectivity index (χ2v) is 17.5. The molecule has 68 heavy (non-hydrogen) atoms. The van der Waals surface area contributed by atoms with Gasteiger partial charge in [0.05, 0.1) is 27.8 Å². The van der Waals surface area contributed by atoms with Gasteiger partial charge in [-0.15, -0.1) is 0 Å². The van der Waals surface area contributed by atoms with Gasteiger partial charge in [-0.2, -0.15) is 9.97 Å². The van der Waals surface area contributed by atoms with E-state index in [-0.39, 0.29) is 0 Å². The molecule has 0 aliphatic rings. The van der Waals surface area contributed by atoms with Crippen LogP contribution in [0.2, 0.25) is 0 Å². The van der Waals surface area contributed by atoms with E-state index in [1.165, 1.54) is 43.3 Å². The van der Waals surface area contributed by atoms with Crippen molar-refractivity contribution in [3.05, 3.63) is 237 Å². The van der Waals surface area contributed by atoms with E-state index in [2.05, 4.69) is 209 Å². The summed E-state index contributed by atoms with van der Waals surface area (Å²) in [4.78, 5) is 15.8. The molecule has 0 spiro atoms. The van der Waals surface area contributed by atoms with Crippen LogP contribution >= 0.6 is 0 Å². The fourth-order valence-corrected chi connectivity index (χ4v) is 10.7. The average Bonchev–Trinajstić information content (AvgIpc) is 3.94. The minimum atomic E-state index is 0.557. The van der Waals surface area contributed by atoms with E-state index in [0.717, 1.165) is 71.7 Å². The van der Waals surface area contributed by atoms with Crippen molar-refractivity contribution in [3.63, 3.8) is 0 Å². The number of hydrogen-bond donors (Lipinski definition) is 0. The van der Waals surface area contributed by atoms with Crippen molar-refractivity contribution in [1.82, 2.24) is 24.1 Å². The van der Waals surface area contributed by atoms with E-state index in [0.29, 0.717) is 17.6 Å². The molecule has 14 aromatic rings. The summed E-state index contributed by atoms with van der Waals surface area (Å²) in [6, 6.07) is 84.8. The molecule has 0 fully saturated rings. The van der Waals surface area contributed by atoms with E-state index < -0.39 is 0 Å². The summed E-state index contributed by atoms with van der Waals surface area (Å²) in [5.41, 5.74) is 11.8. The first-order valence-electron chi connectivity index (χ1n) is 23.1. The molecule has 0 unspecified atom stereocenters. The number of rotatable bonds is 6. The Hall–Kier alpha value is -9.19. The Labute approximate surface area is 391 Å². The van der Waals surface area contributed by atoms with Gasteiger partial charge in [-0.3, -0.25) is 4.57 Å². The summed E-state index contributed by atoms with van der Waals surface area (Å²) in [5, 5.41) is 12.1. The van der Waals surface area contributed by atoms with Gasteiger partial charge in [0.25, 0.3) is 0 Å². The molecule has 0 aliphatic carbocycles. The third kappa shape index (κ3) is 5.86. The van der Waals surface area contributed by atoms with Gasteiger partial charge < -0.3 is 4.57 Å². The number of para-hydroxylation sites is 2. The molecule has 0 saturated carbocycles. The lowest BCUT2D eigenvalue weighted by molar-refractivity contribution is 0.953. The van der Waals surface area contributed by atoms with E-state index >= 15 is 0 Å². The molecule has 0 saturated heterocycles. The fourth-order valence-electron chi connectivity index (χ4n) is 10.7. The lowest BCUT2D eigenvalue weighted by Gasteiger charge is -2.18. The first kappa shape index (κ1) is 38.1. The predicted octanol–water partition coefficient (Wildman–Crippen LogP) is 16.2. The van der Waals surface area contributed by atoms with Crippen LogP contribution in [0.25, 0.3) is 133 Å². The molecular weight excluding hydrogens is 827 g/mol. The highest BCUT2D eigenvalue weighted by Crippen LogP contribution is 2.45. The lowest BCUT2D eigenvalue weighted by atomic mass is 9.91. The Morgan fingerprint density at radius 3 is 1.22 bits per heavy atom. The number of fused-ring (bicyclic) bond motifs is 13. The average molecular weight is 866 g/mol. The first-order valence-corrected chi connectivity index (χ1v) is 23.1. The second-order valence-electron chi connectivity index (χ2n) is 17.5. The SMILES string of the molecule is c1ccc(-c2ccc(-n3c4ccccc4c4ccc5c6ccccc6n(-c6nc(-c7ccccc7)nc(-c7ccccc7)n6)c5c43)c(-c3ccc4c5ccccc5c5ccccc5c4c3)c2)cc1. The van der Waals surface area contributed by atoms with Crippen molar-refractivity contribution in [2.24, 2.45) is 0 Å². The summed E-state index contributed by atoms with van der Waals surface area (Å²) >= 11 is 0. The van der Waals surface area contributed by atoms with Gasteiger partial charge in [0.15, 0.2) is 11.6 Å². The first-order chi connectivity index (χ1) is 33.7. The normalized spacial score (nSPS) is 11.8. The van der Waals surface area contributed by atoms with Gasteiger partial charge in [0.1, 0.15) is 0 Å². The van der Waals surface area contributed by atoms with E-state index in [9.17, 15) is 0 Å². The number of hydrogen-bond acceptors (Lipinski definition) is 3. The van der Waals surface area contributed by atoms with Crippen molar-refractivity contribution >= 4 is 75.9 Å². The minimum Gasteiger partial charge on any atom is -0.307 e. The molecule has 0 bridgehead atoms. The Morgan fingerprint density at radius 2 is 0.662 bits per heavy atom. The predicted molar refractivity (Wildman–Crippen MR) is 283 cm³/mol. The summed E-state index contributed by atoms with van der Waals surface area (Å²) < 4.78 is 4.76. The summed E-state index contributed by atoms with van der Waals surface area (Å²) in [6.45, 7) is 0. The van der Waals surface area contributed by atoms with Crippen molar-refractivity contribution in [2.75, 3.05) is 0 Å². The summed E-state index contributed by atoms with van der Waals surface area (Å²) in [5.74, 6) is 1.79. The third-order valence-corrected chi connectivity index (χ3v) is 13.8. The highest BCUT2D eigenvalue weighted by Gasteiger charge is 2.25. The molecule has 0 N–H and O–H groups in total. The van der Waals surface area contributed by atoms with E-state index in [1.807, 2.05) is 36.4 Å². The van der Waals surface area contributed by atoms with Gasteiger partial charge in [0, 0.05) is 38.2 Å². The topological polar surface area (TPSA) is 48.5 Å². The van der Waals surface area contributed by atoms with Crippen LogP contribution in [0, 0.1) is 0 Å². The fraction of sp³-hybridized carbons (Fsp3) is 0. The van der Waals surface area contributed by atoms with Crippen molar-refractivity contribution in [2.45, 2.75) is 0 Å². The van der Waals surface area contributed by atoms with Gasteiger partial charge in [-0.1, -0.05) is 206 Å². The highest BCUT2D eigenvalue weighted by molar-refractivity contribution is 6.26. The number of benzene rings is 11. The van der Waals surface area contributed by atoms with Crippen LogP contribution in [-0.4, -0.2) is 24.1 Å². The Kier molecular flexibility index (Phi) is 8.52. The van der Waals surface area contributed by atoms with Gasteiger partial charge in [0.2, 0.25) is 5.95 Å². The molecule has 14 rings (SSSR count). The van der Waals surface area contributed by atoms with Gasteiger partial charge in [-0.05, 0) is 79.3 Å². The molecule has 316 valence electrons. The molecule has 0 atom stereocenters. The maximum Gasteiger partial charge on any atom is 0.238 e. The van der Waals surface area contributed by atoms with Crippen molar-refractivity contribution in [3.8, 4) is 56.7 Å². The standard InChI is InChI=1S/C63H39N5/c1-4-18-40(19-5-1)43-33-37-58(54(38-43)44-32-34-49-47-26-11-10-24-45(47)46-25-12-13-27-48(46)55(49)39-44)67-56-30-16-14-28-50(56)52-35-36-53-51-29-15-17-31-57(51)68(60(53)59(52)67)63-65-61(41-20-6-2-7-21-41)64-62(66-63)42-22-8-3-9-23-42/h1-39H. The quantitative estimate of drug-likeness (QED) is 0.156. The second kappa shape index (κ2) is 15.2. The van der Waals surface area contributed by atoms with Crippen LogP contribution in [0.3, 0.4) is 0 Å². The molecule has 3 heterocycles. The van der Waals surface area contributed by atoms with Gasteiger partial charge >= 0.3 is 0 Å². The molecule has 3 aromatic heterocycles. The highest BCUT2D eigenvalue weighted by atomic mass is 15.2. The number of aromatic nitrogens is 5. The van der Waals surface area contributed by atoms with E-state index in [1.54, 1.807) is 0 Å². The van der Waals surface area contributed by atoms with Crippen LogP contribution in [0.1, 0.15) is 0 Å². The monoisotopic (exact) mass is 865 g/mol. The third-order valence-electron chi connectivity index (χ3n) is 13.8. The zero-order valence-electron chi connectivity index (χ0n) is 36.8. The van der Waals surface area contributed by atoms with Crippen LogP contribution in [-0.2, 0) is 0 Å². The van der Waals surface area contributed by atoms with Crippen LogP contribution in [0.5, 0.6) is 0 Å². The Bertz CT molecular complexity index is 4210.